The van der Waals surface area contributed by atoms with Gasteiger partial charge in [0.15, 0.2) is 0 Å². The van der Waals surface area contributed by atoms with Crippen molar-refractivity contribution in [2.45, 2.75) is 19.3 Å². The van der Waals surface area contributed by atoms with Crippen LogP contribution in [-0.2, 0) is 5.41 Å². The Labute approximate surface area is 146 Å². The van der Waals surface area contributed by atoms with Crippen molar-refractivity contribution in [3.8, 4) is 11.3 Å². The first-order valence-electron chi connectivity index (χ1n) is 8.33. The highest BCUT2D eigenvalue weighted by molar-refractivity contribution is 5.71. The molecular formula is C19H21FN4O. The first kappa shape index (κ1) is 16.1. The van der Waals surface area contributed by atoms with E-state index in [0.717, 1.165) is 28.2 Å². The maximum atomic E-state index is 13.1. The van der Waals surface area contributed by atoms with Gasteiger partial charge in [-0.2, -0.15) is 0 Å². The molecule has 0 radical (unpaired) electrons. The molecule has 0 saturated heterocycles. The van der Waals surface area contributed by atoms with E-state index in [1.807, 2.05) is 29.0 Å². The third kappa shape index (κ3) is 2.67. The van der Waals surface area contributed by atoms with E-state index in [9.17, 15) is 9.69 Å². The summed E-state index contributed by atoms with van der Waals surface area (Å²) in [6.45, 7) is 4.98. The molecule has 0 fully saturated rings. The Balaban J connectivity index is 1.70. The zero-order valence-electron chi connectivity index (χ0n) is 14.6. The summed E-state index contributed by atoms with van der Waals surface area (Å²) in [6.07, 6.45) is 8.50. The van der Waals surface area contributed by atoms with E-state index in [2.05, 4.69) is 18.8 Å². The maximum Gasteiger partial charge on any atom is 0.137 e. The maximum absolute atomic E-state index is 13.1. The van der Waals surface area contributed by atoms with Crippen LogP contribution >= 0.6 is 0 Å². The van der Waals surface area contributed by atoms with Crippen LogP contribution < -0.4 is 4.65 Å². The van der Waals surface area contributed by atoms with E-state index < -0.39 is 0 Å². The van der Waals surface area contributed by atoms with Gasteiger partial charge >= 0.3 is 0 Å². The number of hydrogen-bond acceptors (Lipinski definition) is 3. The minimum Gasteiger partial charge on any atom is -0.627 e. The Bertz CT molecular complexity index is 895. The lowest BCUT2D eigenvalue weighted by Crippen LogP contribution is -2.40. The Morgan fingerprint density at radius 2 is 2.12 bits per heavy atom. The number of hydroxylamine groups is 2. The molecule has 2 aliphatic heterocycles. The molecule has 2 aromatic rings. The van der Waals surface area contributed by atoms with E-state index in [-0.39, 0.29) is 16.6 Å². The molecule has 1 aromatic carbocycles. The number of likely N-dealkylation sites (N-methyl/N-ethyl adjacent to an activating group) is 1. The average molecular weight is 340 g/mol. The SMILES string of the molecule is CC1(C)C[N+](C)([O-])c2cc(-c3cn(C4=CCN(F)C=C4)cn3)ccc21. The second-order valence-corrected chi connectivity index (χ2v) is 7.57. The second-order valence-electron chi connectivity index (χ2n) is 7.57. The number of allylic oxidation sites excluding steroid dienone is 2. The molecule has 4 rings (SSSR count). The lowest BCUT2D eigenvalue weighted by Gasteiger charge is -2.35. The van der Waals surface area contributed by atoms with Crippen LogP contribution in [-0.4, -0.2) is 34.8 Å². The second kappa shape index (κ2) is 5.28. The van der Waals surface area contributed by atoms with Gasteiger partial charge < -0.3 is 14.4 Å². The van der Waals surface area contributed by atoms with E-state index in [0.29, 0.717) is 11.7 Å². The van der Waals surface area contributed by atoms with Crippen molar-refractivity contribution in [2.24, 2.45) is 0 Å². The van der Waals surface area contributed by atoms with Crippen LogP contribution in [0.2, 0.25) is 0 Å². The van der Waals surface area contributed by atoms with E-state index >= 15 is 0 Å². The fourth-order valence-electron chi connectivity index (χ4n) is 3.85. The minimum atomic E-state index is -0.364. The summed E-state index contributed by atoms with van der Waals surface area (Å²) in [7, 11) is 1.70. The third-order valence-electron chi connectivity index (χ3n) is 4.99. The monoisotopic (exact) mass is 340 g/mol. The molecule has 1 unspecified atom stereocenters. The largest absolute Gasteiger partial charge is 0.627 e. The van der Waals surface area contributed by atoms with Crippen LogP contribution in [0.4, 0.5) is 10.2 Å². The summed E-state index contributed by atoms with van der Waals surface area (Å²) < 4.78 is 14.5. The summed E-state index contributed by atoms with van der Waals surface area (Å²) in [5, 5.41) is 13.5. The van der Waals surface area contributed by atoms with Gasteiger partial charge in [0.25, 0.3) is 0 Å². The molecule has 5 nitrogen and oxygen atoms in total. The summed E-state index contributed by atoms with van der Waals surface area (Å²) in [4.78, 5) is 4.46. The third-order valence-corrected chi connectivity index (χ3v) is 4.99. The topological polar surface area (TPSA) is 44.1 Å². The van der Waals surface area contributed by atoms with E-state index in [1.165, 1.54) is 6.20 Å². The fraction of sp³-hybridized carbons (Fsp3) is 0.316. The molecule has 25 heavy (non-hydrogen) atoms. The highest BCUT2D eigenvalue weighted by Crippen LogP contribution is 2.45. The number of quaternary nitrogens is 1. The zero-order chi connectivity index (χ0) is 17.8. The predicted molar refractivity (Wildman–Crippen MR) is 97.9 cm³/mol. The van der Waals surface area contributed by atoms with Gasteiger partial charge in [0.05, 0.1) is 32.2 Å². The molecule has 1 atom stereocenters. The Kier molecular flexibility index (Phi) is 3.39. The Hall–Kier alpha value is -2.44. The van der Waals surface area contributed by atoms with Crippen LogP contribution in [0, 0.1) is 5.21 Å². The quantitative estimate of drug-likeness (QED) is 0.474. The molecule has 0 spiro atoms. The molecule has 0 aliphatic carbocycles. The number of imidazole rings is 1. The van der Waals surface area contributed by atoms with Crippen LogP contribution in [0.1, 0.15) is 19.4 Å². The Morgan fingerprint density at radius 1 is 1.32 bits per heavy atom. The van der Waals surface area contributed by atoms with Gasteiger partial charge in [0.2, 0.25) is 0 Å². The van der Waals surface area contributed by atoms with Gasteiger partial charge in [-0.05, 0) is 12.2 Å². The van der Waals surface area contributed by atoms with Crippen LogP contribution in [0.15, 0.2) is 49.1 Å². The predicted octanol–water partition coefficient (Wildman–Crippen LogP) is 3.83. The normalized spacial score (nSPS) is 24.4. The van der Waals surface area contributed by atoms with Crippen LogP contribution in [0.5, 0.6) is 0 Å². The first-order valence-corrected chi connectivity index (χ1v) is 8.33. The number of benzene rings is 1. The smallest absolute Gasteiger partial charge is 0.137 e. The van der Waals surface area contributed by atoms with Crippen molar-refractivity contribution in [3.05, 3.63) is 59.8 Å². The first-order chi connectivity index (χ1) is 11.8. The number of aromatic nitrogens is 2. The standard InChI is InChI=1S/C19H21FN4O/c1-19(2)12-24(3,25)18-10-14(4-5-16(18)19)17-11-22(13-21-17)15-6-8-23(20)9-7-15/h4-8,10-11,13H,9,12H2,1-3H3. The van der Waals surface area contributed by atoms with Crippen molar-refractivity contribution in [1.82, 2.24) is 19.3 Å². The average Bonchev–Trinajstić information content (AvgIpc) is 3.10. The summed E-state index contributed by atoms with van der Waals surface area (Å²) in [6, 6.07) is 6.02. The molecule has 3 heterocycles. The highest BCUT2D eigenvalue weighted by Gasteiger charge is 2.41. The number of rotatable bonds is 2. The summed E-state index contributed by atoms with van der Waals surface area (Å²) >= 11 is 0. The lowest BCUT2D eigenvalue weighted by molar-refractivity contribution is 0.105. The van der Waals surface area contributed by atoms with Gasteiger partial charge in [-0.15, -0.1) is 4.48 Å². The molecule has 2 aliphatic rings. The van der Waals surface area contributed by atoms with Gasteiger partial charge in [-0.3, -0.25) is 0 Å². The van der Waals surface area contributed by atoms with E-state index in [4.69, 9.17) is 0 Å². The van der Waals surface area contributed by atoms with Crippen molar-refractivity contribution in [1.29, 1.82) is 0 Å². The molecule has 0 amide bonds. The number of nitrogens with zero attached hydrogens (tertiary/aromatic N) is 4. The van der Waals surface area contributed by atoms with Gasteiger partial charge in [-0.25, -0.2) is 10.1 Å². The highest BCUT2D eigenvalue weighted by atomic mass is 19.2. The fourth-order valence-corrected chi connectivity index (χ4v) is 3.85. The number of fused-ring (bicyclic) bond motifs is 1. The van der Waals surface area contributed by atoms with Gasteiger partial charge in [0, 0.05) is 40.7 Å². The van der Waals surface area contributed by atoms with E-state index in [1.54, 1.807) is 25.5 Å². The van der Waals surface area contributed by atoms with Gasteiger partial charge in [0.1, 0.15) is 5.69 Å². The lowest BCUT2D eigenvalue weighted by atomic mass is 9.86. The molecule has 0 bridgehead atoms. The number of hydrogen-bond donors (Lipinski definition) is 0. The molecule has 1 aromatic heterocycles. The Morgan fingerprint density at radius 3 is 2.84 bits per heavy atom. The van der Waals surface area contributed by atoms with Crippen molar-refractivity contribution >= 4 is 11.4 Å². The molecule has 130 valence electrons. The summed E-state index contributed by atoms with van der Waals surface area (Å²) in [5.74, 6) is 0. The molecule has 0 N–H and O–H groups in total. The molecule has 6 heteroatoms. The van der Waals surface area contributed by atoms with Gasteiger partial charge in [-0.1, -0.05) is 26.0 Å². The zero-order valence-corrected chi connectivity index (χ0v) is 14.6. The molecular weight excluding hydrogens is 319 g/mol. The molecule has 0 saturated carbocycles. The van der Waals surface area contributed by atoms with Crippen LogP contribution in [0.3, 0.4) is 0 Å². The van der Waals surface area contributed by atoms with Crippen LogP contribution in [0.25, 0.3) is 17.0 Å². The van der Waals surface area contributed by atoms with Crippen molar-refractivity contribution < 1.29 is 4.48 Å². The summed E-state index contributed by atoms with van der Waals surface area (Å²) in [5.41, 5.74) is 4.38. The minimum absolute atomic E-state index is 0.125. The number of halogens is 1. The van der Waals surface area contributed by atoms with Crippen molar-refractivity contribution in [2.75, 3.05) is 20.1 Å². The van der Waals surface area contributed by atoms with Crippen molar-refractivity contribution in [3.63, 3.8) is 0 Å².